The molecule has 2 atom stereocenters. The lowest BCUT2D eigenvalue weighted by atomic mass is 9.86. The van der Waals surface area contributed by atoms with E-state index in [0.29, 0.717) is 12.0 Å². The molecule has 0 saturated carbocycles. The van der Waals surface area contributed by atoms with Gasteiger partial charge >= 0.3 is 0 Å². The number of benzene rings is 1. The zero-order chi connectivity index (χ0) is 18.2. The molecule has 5 nitrogen and oxygen atoms in total. The van der Waals surface area contributed by atoms with Gasteiger partial charge in [-0.1, -0.05) is 0 Å². The van der Waals surface area contributed by atoms with Crippen LogP contribution in [0.2, 0.25) is 0 Å². The predicted octanol–water partition coefficient (Wildman–Crippen LogP) is 4.01. The molecule has 1 aromatic heterocycles. The van der Waals surface area contributed by atoms with Gasteiger partial charge < -0.3 is 9.47 Å². The number of hydrogen-bond acceptors (Lipinski definition) is 4. The average Bonchev–Trinajstić information content (AvgIpc) is 3.38. The van der Waals surface area contributed by atoms with Gasteiger partial charge in [-0.15, -0.1) is 0 Å². The highest BCUT2D eigenvalue weighted by Crippen LogP contribution is 2.35. The summed E-state index contributed by atoms with van der Waals surface area (Å²) < 4.78 is 13.7. The highest BCUT2D eigenvalue weighted by Gasteiger charge is 2.29. The summed E-state index contributed by atoms with van der Waals surface area (Å²) in [5, 5.41) is 5.92. The Hall–Kier alpha value is -1.43. The molecule has 4 heterocycles. The lowest BCUT2D eigenvalue weighted by molar-refractivity contribution is -0.0366. The molecule has 0 spiro atoms. The molecule has 2 aromatic rings. The minimum Gasteiger partial charge on any atom is -0.380 e. The first kappa shape index (κ1) is 17.7. The molecule has 0 aliphatic carbocycles. The molecular formula is C22H31N3O2. The Bertz CT molecular complexity index is 782. The van der Waals surface area contributed by atoms with E-state index in [-0.39, 0.29) is 6.23 Å². The Balaban J connectivity index is 1.37. The lowest BCUT2D eigenvalue weighted by Crippen LogP contribution is -2.41. The Morgan fingerprint density at radius 1 is 1.04 bits per heavy atom. The molecule has 146 valence electrons. The SMILES string of the molecule is Cc1cc2cnn(C3CCCCO3)c2cc1C1CCN(C2CCOC2)CC1. The summed E-state index contributed by atoms with van der Waals surface area (Å²) in [6.45, 7) is 7.38. The van der Waals surface area contributed by atoms with Crippen LogP contribution in [0.4, 0.5) is 0 Å². The summed E-state index contributed by atoms with van der Waals surface area (Å²) in [7, 11) is 0. The van der Waals surface area contributed by atoms with Crippen LogP contribution >= 0.6 is 0 Å². The number of aromatic nitrogens is 2. The monoisotopic (exact) mass is 369 g/mol. The van der Waals surface area contributed by atoms with Crippen LogP contribution in [0.15, 0.2) is 18.3 Å². The number of nitrogens with zero attached hydrogens (tertiary/aromatic N) is 3. The number of aryl methyl sites for hydroxylation is 1. The van der Waals surface area contributed by atoms with E-state index in [1.165, 1.54) is 67.2 Å². The Labute approximate surface area is 161 Å². The van der Waals surface area contributed by atoms with Gasteiger partial charge in [-0.2, -0.15) is 5.10 Å². The molecule has 3 aliphatic heterocycles. The van der Waals surface area contributed by atoms with Crippen molar-refractivity contribution in [1.29, 1.82) is 0 Å². The number of piperidine rings is 1. The zero-order valence-electron chi connectivity index (χ0n) is 16.4. The van der Waals surface area contributed by atoms with Crippen molar-refractivity contribution in [2.75, 3.05) is 32.9 Å². The van der Waals surface area contributed by atoms with E-state index < -0.39 is 0 Å². The first-order valence-corrected chi connectivity index (χ1v) is 10.7. The van der Waals surface area contributed by atoms with Crippen LogP contribution < -0.4 is 0 Å². The van der Waals surface area contributed by atoms with E-state index in [2.05, 4.69) is 33.7 Å². The number of fused-ring (bicyclic) bond motifs is 1. The van der Waals surface area contributed by atoms with Crippen molar-refractivity contribution in [3.05, 3.63) is 29.5 Å². The van der Waals surface area contributed by atoms with Crippen LogP contribution in [0, 0.1) is 6.92 Å². The van der Waals surface area contributed by atoms with Gasteiger partial charge in [-0.3, -0.25) is 4.90 Å². The van der Waals surface area contributed by atoms with Gasteiger partial charge in [0.15, 0.2) is 6.23 Å². The van der Waals surface area contributed by atoms with Crippen LogP contribution in [0.3, 0.4) is 0 Å². The van der Waals surface area contributed by atoms with Crippen LogP contribution in [-0.4, -0.2) is 53.6 Å². The molecule has 0 amide bonds. The average molecular weight is 370 g/mol. The molecule has 2 unspecified atom stereocenters. The third kappa shape index (κ3) is 3.41. The van der Waals surface area contributed by atoms with Crippen molar-refractivity contribution in [3.8, 4) is 0 Å². The Morgan fingerprint density at radius 3 is 2.67 bits per heavy atom. The van der Waals surface area contributed by atoms with E-state index in [4.69, 9.17) is 9.47 Å². The zero-order valence-corrected chi connectivity index (χ0v) is 16.4. The summed E-state index contributed by atoms with van der Waals surface area (Å²) in [5.74, 6) is 0.656. The van der Waals surface area contributed by atoms with Crippen LogP contribution in [0.1, 0.15) is 61.8 Å². The number of rotatable bonds is 3. The Kier molecular flexibility index (Phi) is 4.92. The first-order chi connectivity index (χ1) is 13.3. The van der Waals surface area contributed by atoms with Crippen LogP contribution in [0.5, 0.6) is 0 Å². The fourth-order valence-corrected chi connectivity index (χ4v) is 5.19. The second-order valence-corrected chi connectivity index (χ2v) is 8.51. The smallest absolute Gasteiger partial charge is 0.150 e. The number of ether oxygens (including phenoxy) is 2. The van der Waals surface area contributed by atoms with Crippen molar-refractivity contribution in [2.45, 2.75) is 63.6 Å². The third-order valence-corrected chi connectivity index (χ3v) is 6.80. The predicted molar refractivity (Wildman–Crippen MR) is 106 cm³/mol. The van der Waals surface area contributed by atoms with Crippen molar-refractivity contribution in [1.82, 2.24) is 14.7 Å². The van der Waals surface area contributed by atoms with Gasteiger partial charge in [0.25, 0.3) is 0 Å². The fraction of sp³-hybridized carbons (Fsp3) is 0.682. The van der Waals surface area contributed by atoms with Crippen LogP contribution in [-0.2, 0) is 9.47 Å². The van der Waals surface area contributed by atoms with Gasteiger partial charge in [-0.05, 0) is 87.7 Å². The van der Waals surface area contributed by atoms with Gasteiger partial charge in [0.1, 0.15) is 0 Å². The van der Waals surface area contributed by atoms with Crippen molar-refractivity contribution in [3.63, 3.8) is 0 Å². The highest BCUT2D eigenvalue weighted by molar-refractivity contribution is 5.80. The molecule has 27 heavy (non-hydrogen) atoms. The minimum absolute atomic E-state index is 0.107. The minimum atomic E-state index is 0.107. The van der Waals surface area contributed by atoms with Crippen molar-refractivity contribution in [2.24, 2.45) is 0 Å². The van der Waals surface area contributed by atoms with Gasteiger partial charge in [-0.25, -0.2) is 4.68 Å². The Morgan fingerprint density at radius 2 is 1.93 bits per heavy atom. The quantitative estimate of drug-likeness (QED) is 0.819. The summed E-state index contributed by atoms with van der Waals surface area (Å²) >= 11 is 0. The van der Waals surface area contributed by atoms with E-state index in [9.17, 15) is 0 Å². The largest absolute Gasteiger partial charge is 0.380 e. The summed E-state index contributed by atoms with van der Waals surface area (Å²) in [4.78, 5) is 2.65. The highest BCUT2D eigenvalue weighted by atomic mass is 16.5. The topological polar surface area (TPSA) is 39.5 Å². The normalized spacial score (nSPS) is 28.2. The van der Waals surface area contributed by atoms with Gasteiger partial charge in [0.05, 0.1) is 18.3 Å². The maximum absolute atomic E-state index is 6.00. The second-order valence-electron chi connectivity index (χ2n) is 8.51. The summed E-state index contributed by atoms with van der Waals surface area (Å²) in [5.41, 5.74) is 4.17. The number of likely N-dealkylation sites (tertiary alicyclic amines) is 1. The molecule has 0 radical (unpaired) electrons. The molecule has 5 rings (SSSR count). The molecule has 0 N–H and O–H groups in total. The third-order valence-electron chi connectivity index (χ3n) is 6.80. The fourth-order valence-electron chi connectivity index (χ4n) is 5.19. The molecule has 5 heteroatoms. The standard InChI is InChI=1S/C22H31N3O2/c1-16-12-18-14-23-25(22-4-2-3-10-27-22)21(18)13-20(16)17-5-8-24(9-6-17)19-7-11-26-15-19/h12-14,17,19,22H,2-11,15H2,1H3. The molecule has 3 fully saturated rings. The van der Waals surface area contributed by atoms with Crippen molar-refractivity contribution < 1.29 is 9.47 Å². The molecular weight excluding hydrogens is 338 g/mol. The lowest BCUT2D eigenvalue weighted by Gasteiger charge is -2.36. The maximum atomic E-state index is 6.00. The molecule has 3 aliphatic rings. The van der Waals surface area contributed by atoms with Gasteiger partial charge in [0.2, 0.25) is 0 Å². The van der Waals surface area contributed by atoms with E-state index >= 15 is 0 Å². The van der Waals surface area contributed by atoms with Crippen LogP contribution in [0.25, 0.3) is 10.9 Å². The van der Waals surface area contributed by atoms with Crippen molar-refractivity contribution >= 4 is 10.9 Å². The maximum Gasteiger partial charge on any atom is 0.150 e. The molecule has 0 bridgehead atoms. The van der Waals surface area contributed by atoms with E-state index in [1.807, 2.05) is 6.20 Å². The summed E-state index contributed by atoms with van der Waals surface area (Å²) in [6, 6.07) is 5.39. The van der Waals surface area contributed by atoms with E-state index in [1.54, 1.807) is 0 Å². The number of hydrogen-bond donors (Lipinski definition) is 0. The first-order valence-electron chi connectivity index (χ1n) is 10.7. The van der Waals surface area contributed by atoms with E-state index in [0.717, 1.165) is 26.2 Å². The van der Waals surface area contributed by atoms with Gasteiger partial charge in [0, 0.05) is 24.6 Å². The summed E-state index contributed by atoms with van der Waals surface area (Å²) in [6.07, 6.45) is 9.29. The molecule has 3 saturated heterocycles. The second kappa shape index (κ2) is 7.53. The molecule has 1 aromatic carbocycles.